The summed E-state index contributed by atoms with van der Waals surface area (Å²) in [4.78, 5) is 39.4. The van der Waals surface area contributed by atoms with Gasteiger partial charge in [0.05, 0.1) is 18.0 Å². The zero-order valence-corrected chi connectivity index (χ0v) is 15.4. The maximum atomic E-state index is 12.5. The van der Waals surface area contributed by atoms with Crippen LogP contribution in [0.4, 0.5) is 0 Å². The van der Waals surface area contributed by atoms with Gasteiger partial charge in [0.25, 0.3) is 11.5 Å². The molecule has 7 nitrogen and oxygen atoms in total. The number of fused-ring (bicyclic) bond motifs is 1. The number of carbonyl (C=O) groups excluding carboxylic acids is 2. The number of ether oxygens (including phenoxy) is 1. The lowest BCUT2D eigenvalue weighted by Crippen LogP contribution is -2.42. The Morgan fingerprint density at radius 3 is 2.64 bits per heavy atom. The number of carbonyl (C=O) groups is 2. The molecule has 25 heavy (non-hydrogen) atoms. The van der Waals surface area contributed by atoms with Crippen molar-refractivity contribution in [2.45, 2.75) is 26.3 Å². The second-order valence-electron chi connectivity index (χ2n) is 6.23. The molecule has 0 radical (unpaired) electrons. The van der Waals surface area contributed by atoms with Gasteiger partial charge >= 0.3 is 5.97 Å². The average Bonchev–Trinajstić information content (AvgIpc) is 2.57. The van der Waals surface area contributed by atoms with Crippen molar-refractivity contribution in [3.05, 3.63) is 38.9 Å². The Hall–Kier alpha value is -2.48. The van der Waals surface area contributed by atoms with E-state index in [-0.39, 0.29) is 16.2 Å². The molecule has 0 aliphatic carbocycles. The normalized spacial score (nSPS) is 12.2. The molecule has 8 heteroatoms. The molecule has 1 aromatic heterocycles. The molecule has 0 aliphatic heterocycles. The largest absolute Gasteiger partial charge is 0.467 e. The van der Waals surface area contributed by atoms with Crippen LogP contribution in [0.3, 0.4) is 0 Å². The van der Waals surface area contributed by atoms with Gasteiger partial charge in [0, 0.05) is 12.6 Å². The Kier molecular flexibility index (Phi) is 5.73. The minimum Gasteiger partial charge on any atom is -0.467 e. The predicted molar refractivity (Wildman–Crippen MR) is 97.1 cm³/mol. The van der Waals surface area contributed by atoms with Crippen molar-refractivity contribution in [1.82, 2.24) is 14.9 Å². The number of hydrogen-bond donors (Lipinski definition) is 2. The number of aromatic nitrogens is 2. The molecule has 2 rings (SSSR count). The molecule has 0 fully saturated rings. The van der Waals surface area contributed by atoms with Crippen molar-refractivity contribution < 1.29 is 14.3 Å². The Morgan fingerprint density at radius 2 is 2.04 bits per heavy atom. The molecule has 0 saturated carbocycles. The van der Waals surface area contributed by atoms with Crippen LogP contribution in [0.1, 0.15) is 30.6 Å². The van der Waals surface area contributed by atoms with Crippen LogP contribution in [-0.4, -0.2) is 34.6 Å². The number of nitrogens with zero attached hydrogens (tertiary/aromatic N) is 1. The van der Waals surface area contributed by atoms with Crippen LogP contribution >= 0.6 is 12.2 Å². The topological polar surface area (TPSA) is 93.2 Å². The number of H-pyrrole nitrogens is 1. The highest BCUT2D eigenvalue weighted by atomic mass is 32.1. The lowest BCUT2D eigenvalue weighted by atomic mass is 10.0. The molecule has 1 atom stereocenters. The minimum absolute atomic E-state index is 0.208. The first-order chi connectivity index (χ1) is 11.7. The van der Waals surface area contributed by atoms with Gasteiger partial charge in [0.2, 0.25) is 0 Å². The Labute approximate surface area is 150 Å². The monoisotopic (exact) mass is 363 g/mol. The lowest BCUT2D eigenvalue weighted by molar-refractivity contribution is -0.143. The van der Waals surface area contributed by atoms with E-state index in [2.05, 4.69) is 10.3 Å². The van der Waals surface area contributed by atoms with E-state index in [1.54, 1.807) is 25.2 Å². The minimum atomic E-state index is -0.727. The fourth-order valence-electron chi connectivity index (χ4n) is 2.52. The van der Waals surface area contributed by atoms with Crippen LogP contribution in [-0.2, 0) is 16.6 Å². The van der Waals surface area contributed by atoms with E-state index < -0.39 is 17.9 Å². The summed E-state index contributed by atoms with van der Waals surface area (Å²) < 4.78 is 6.34. The first-order valence-electron chi connectivity index (χ1n) is 7.86. The number of nitrogens with one attached hydrogen (secondary N) is 2. The maximum absolute atomic E-state index is 12.5. The third-order valence-corrected chi connectivity index (χ3v) is 4.24. The number of rotatable bonds is 5. The van der Waals surface area contributed by atoms with Crippen LogP contribution < -0.4 is 10.9 Å². The summed E-state index contributed by atoms with van der Waals surface area (Å²) in [5, 5.41) is 3.11. The van der Waals surface area contributed by atoms with Crippen LogP contribution in [0.2, 0.25) is 0 Å². The fraction of sp³-hybridized carbons (Fsp3) is 0.412. The van der Waals surface area contributed by atoms with E-state index in [0.717, 1.165) is 0 Å². The molecule has 1 aromatic carbocycles. The van der Waals surface area contributed by atoms with Gasteiger partial charge in [-0.1, -0.05) is 13.8 Å². The summed E-state index contributed by atoms with van der Waals surface area (Å²) in [5.74, 6) is -0.700. The molecular formula is C17H21N3O4S. The van der Waals surface area contributed by atoms with Crippen LogP contribution in [0.15, 0.2) is 23.0 Å². The maximum Gasteiger partial charge on any atom is 0.328 e. The lowest BCUT2D eigenvalue weighted by Gasteiger charge is -2.18. The molecule has 0 aliphatic rings. The Morgan fingerprint density at radius 1 is 1.36 bits per heavy atom. The van der Waals surface area contributed by atoms with Gasteiger partial charge in [-0.05, 0) is 42.8 Å². The first-order valence-corrected chi connectivity index (χ1v) is 8.27. The Bertz CT molecular complexity index is 930. The van der Waals surface area contributed by atoms with E-state index >= 15 is 0 Å². The molecule has 1 heterocycles. The number of amides is 1. The second-order valence-corrected chi connectivity index (χ2v) is 6.62. The highest BCUT2D eigenvalue weighted by Gasteiger charge is 2.23. The molecule has 134 valence electrons. The predicted octanol–water partition coefficient (Wildman–Crippen LogP) is 1.91. The molecular weight excluding hydrogens is 342 g/mol. The number of benzene rings is 1. The van der Waals surface area contributed by atoms with Crippen molar-refractivity contribution in [2.75, 3.05) is 7.11 Å². The molecule has 0 bridgehead atoms. The molecule has 2 N–H and O–H groups in total. The van der Waals surface area contributed by atoms with Crippen molar-refractivity contribution in [3.63, 3.8) is 0 Å². The summed E-state index contributed by atoms with van der Waals surface area (Å²) in [6.07, 6.45) is 0.467. The quantitative estimate of drug-likeness (QED) is 0.625. The van der Waals surface area contributed by atoms with Crippen molar-refractivity contribution in [1.29, 1.82) is 0 Å². The molecule has 0 spiro atoms. The number of aromatic amines is 1. The highest BCUT2D eigenvalue weighted by molar-refractivity contribution is 7.71. The van der Waals surface area contributed by atoms with E-state index in [4.69, 9.17) is 17.0 Å². The first kappa shape index (κ1) is 18.9. The van der Waals surface area contributed by atoms with Gasteiger partial charge in [0.15, 0.2) is 4.77 Å². The summed E-state index contributed by atoms with van der Waals surface area (Å²) in [6.45, 7) is 3.90. The smallest absolute Gasteiger partial charge is 0.328 e. The van der Waals surface area contributed by atoms with Gasteiger partial charge in [-0.15, -0.1) is 0 Å². The second kappa shape index (κ2) is 7.60. The summed E-state index contributed by atoms with van der Waals surface area (Å²) >= 11 is 5.09. The van der Waals surface area contributed by atoms with Gasteiger partial charge < -0.3 is 15.0 Å². The van der Waals surface area contributed by atoms with Gasteiger partial charge in [0.1, 0.15) is 6.04 Å². The third-order valence-electron chi connectivity index (χ3n) is 3.86. The van der Waals surface area contributed by atoms with Crippen LogP contribution in [0, 0.1) is 10.7 Å². The average molecular weight is 363 g/mol. The third kappa shape index (κ3) is 4.14. The molecule has 0 saturated heterocycles. The number of hydrogen-bond acceptors (Lipinski definition) is 5. The fourth-order valence-corrected chi connectivity index (χ4v) is 2.71. The summed E-state index contributed by atoms with van der Waals surface area (Å²) in [7, 11) is 2.86. The van der Waals surface area contributed by atoms with Gasteiger partial charge in [-0.2, -0.15) is 0 Å². The zero-order chi connectivity index (χ0) is 18.7. The van der Waals surface area contributed by atoms with Crippen molar-refractivity contribution in [2.24, 2.45) is 13.0 Å². The summed E-state index contributed by atoms with van der Waals surface area (Å²) in [5.41, 5.74) is 0.557. The molecule has 1 amide bonds. The van der Waals surface area contributed by atoms with E-state index in [0.29, 0.717) is 22.9 Å². The SMILES string of the molecule is COC(=O)[C@H](CC(C)C)NC(=O)c1ccc2c(=O)n(C)c(=S)[nH]c2c1. The zero-order valence-electron chi connectivity index (χ0n) is 14.6. The highest BCUT2D eigenvalue weighted by Crippen LogP contribution is 2.12. The van der Waals surface area contributed by atoms with Crippen molar-refractivity contribution >= 4 is 35.0 Å². The Balaban J connectivity index is 2.35. The van der Waals surface area contributed by atoms with E-state index in [1.807, 2.05) is 13.8 Å². The van der Waals surface area contributed by atoms with E-state index in [1.165, 1.54) is 11.7 Å². The van der Waals surface area contributed by atoms with Crippen LogP contribution in [0.5, 0.6) is 0 Å². The van der Waals surface area contributed by atoms with Gasteiger partial charge in [-0.25, -0.2) is 4.79 Å². The van der Waals surface area contributed by atoms with Crippen LogP contribution in [0.25, 0.3) is 10.9 Å². The molecule has 0 unspecified atom stereocenters. The number of esters is 1. The van der Waals surface area contributed by atoms with Crippen molar-refractivity contribution in [3.8, 4) is 0 Å². The molecule has 2 aromatic rings. The standard InChI is InChI=1S/C17H21N3O4S/c1-9(2)7-13(16(23)24-4)18-14(21)10-5-6-11-12(8-10)19-17(25)20(3)15(11)22/h5-6,8-9,13H,7H2,1-4H3,(H,18,21)(H,19,25)/t13-/m0/s1. The number of methoxy groups -OCH3 is 1. The summed E-state index contributed by atoms with van der Waals surface area (Å²) in [6, 6.07) is 3.92. The van der Waals surface area contributed by atoms with Gasteiger partial charge in [-0.3, -0.25) is 14.2 Å². The van der Waals surface area contributed by atoms with E-state index in [9.17, 15) is 14.4 Å².